The van der Waals surface area contributed by atoms with E-state index in [9.17, 15) is 0 Å². The molecule has 0 aliphatic carbocycles. The van der Waals surface area contributed by atoms with Crippen LogP contribution in [0.1, 0.15) is 31.7 Å². The number of aromatic nitrogens is 1. The van der Waals surface area contributed by atoms with E-state index in [0.29, 0.717) is 6.04 Å². The van der Waals surface area contributed by atoms with Crippen molar-refractivity contribution in [2.45, 2.75) is 38.8 Å². The molecular formula is C16H27ClN4. The van der Waals surface area contributed by atoms with Crippen LogP contribution in [-0.2, 0) is 6.54 Å². The topological polar surface area (TPSA) is 31.4 Å². The fourth-order valence-corrected chi connectivity index (χ4v) is 3.11. The van der Waals surface area contributed by atoms with Crippen LogP contribution in [-0.4, -0.2) is 49.7 Å². The molecule has 0 amide bonds. The van der Waals surface area contributed by atoms with Gasteiger partial charge in [-0.3, -0.25) is 0 Å². The number of hydrogen-bond donors (Lipinski definition) is 1. The van der Waals surface area contributed by atoms with Gasteiger partial charge in [0.2, 0.25) is 0 Å². The highest BCUT2D eigenvalue weighted by Gasteiger charge is 2.22. The van der Waals surface area contributed by atoms with Crippen LogP contribution in [0.4, 0.5) is 5.82 Å². The van der Waals surface area contributed by atoms with Crippen LogP contribution < -0.4 is 10.2 Å². The number of pyridine rings is 1. The minimum atomic E-state index is 0.537. The predicted molar refractivity (Wildman–Crippen MR) is 90.2 cm³/mol. The van der Waals surface area contributed by atoms with Crippen LogP contribution in [0.3, 0.4) is 0 Å². The van der Waals surface area contributed by atoms with Gasteiger partial charge in [-0.25, -0.2) is 4.98 Å². The average molecular weight is 311 g/mol. The Kier molecular flexibility index (Phi) is 6.27. The lowest BCUT2D eigenvalue weighted by atomic mass is 10.0. The summed E-state index contributed by atoms with van der Waals surface area (Å²) in [5.74, 6) is 0.908. The molecular weight excluding hydrogens is 284 g/mol. The van der Waals surface area contributed by atoms with Crippen molar-refractivity contribution in [3.8, 4) is 0 Å². The second-order valence-corrected chi connectivity index (χ2v) is 6.38. The first-order chi connectivity index (χ1) is 10.1. The van der Waals surface area contributed by atoms with Gasteiger partial charge in [0.15, 0.2) is 0 Å². The Labute approximate surface area is 133 Å². The van der Waals surface area contributed by atoms with Gasteiger partial charge in [0.25, 0.3) is 0 Å². The summed E-state index contributed by atoms with van der Waals surface area (Å²) in [5.41, 5.74) is 1.15. The van der Waals surface area contributed by atoms with Crippen molar-refractivity contribution in [1.82, 2.24) is 15.2 Å². The van der Waals surface area contributed by atoms with Crippen molar-refractivity contribution in [3.05, 3.63) is 22.8 Å². The second-order valence-electron chi connectivity index (χ2n) is 5.97. The molecule has 0 bridgehead atoms. The molecule has 118 valence electrons. The molecule has 1 aromatic rings. The summed E-state index contributed by atoms with van der Waals surface area (Å²) in [6.45, 7) is 6.31. The smallest absolute Gasteiger partial charge is 0.147 e. The molecule has 4 nitrogen and oxygen atoms in total. The van der Waals surface area contributed by atoms with Gasteiger partial charge in [0.05, 0.1) is 5.02 Å². The number of piperidine rings is 1. The minimum absolute atomic E-state index is 0.537. The van der Waals surface area contributed by atoms with Gasteiger partial charge in [-0.05, 0) is 57.6 Å². The Bertz CT molecular complexity index is 444. The summed E-state index contributed by atoms with van der Waals surface area (Å²) in [5, 5.41) is 4.13. The van der Waals surface area contributed by atoms with Gasteiger partial charge in [-0.15, -0.1) is 0 Å². The zero-order chi connectivity index (χ0) is 15.2. The molecule has 1 aliphatic rings. The zero-order valence-electron chi connectivity index (χ0n) is 13.4. The van der Waals surface area contributed by atoms with E-state index in [4.69, 9.17) is 11.6 Å². The third-order valence-corrected chi connectivity index (χ3v) is 4.48. The molecule has 0 unspecified atom stereocenters. The number of nitrogens with one attached hydrogen (secondary N) is 1. The third kappa shape index (κ3) is 4.56. The van der Waals surface area contributed by atoms with Crippen molar-refractivity contribution >= 4 is 17.4 Å². The van der Waals surface area contributed by atoms with Crippen LogP contribution in [0, 0.1) is 0 Å². The standard InChI is InChI=1S/C16H27ClN4/c1-4-7-18-11-13-10-15(17)16(19-12-13)21(3)14-5-8-20(2)9-6-14/h10,12,14,18H,4-9,11H2,1-3H3. The molecule has 5 heteroatoms. The zero-order valence-corrected chi connectivity index (χ0v) is 14.2. The highest BCUT2D eigenvalue weighted by molar-refractivity contribution is 6.33. The van der Waals surface area contributed by atoms with Crippen LogP contribution >= 0.6 is 11.6 Å². The quantitative estimate of drug-likeness (QED) is 0.819. The fraction of sp³-hybridized carbons (Fsp3) is 0.688. The van der Waals surface area contributed by atoms with Crippen molar-refractivity contribution in [2.24, 2.45) is 0 Å². The van der Waals surface area contributed by atoms with E-state index in [-0.39, 0.29) is 0 Å². The molecule has 1 fully saturated rings. The Morgan fingerprint density at radius 1 is 1.43 bits per heavy atom. The molecule has 0 spiro atoms. The lowest BCUT2D eigenvalue weighted by molar-refractivity contribution is 0.252. The molecule has 1 aliphatic heterocycles. The van der Waals surface area contributed by atoms with E-state index >= 15 is 0 Å². The van der Waals surface area contributed by atoms with E-state index in [1.807, 2.05) is 12.3 Å². The van der Waals surface area contributed by atoms with E-state index in [1.54, 1.807) is 0 Å². The van der Waals surface area contributed by atoms with Gasteiger partial charge in [0.1, 0.15) is 5.82 Å². The number of hydrogen-bond acceptors (Lipinski definition) is 4. The summed E-state index contributed by atoms with van der Waals surface area (Å²) in [7, 11) is 4.29. The van der Waals surface area contributed by atoms with Crippen LogP contribution in [0.15, 0.2) is 12.3 Å². The molecule has 0 radical (unpaired) electrons. The van der Waals surface area contributed by atoms with Gasteiger partial charge in [0, 0.05) is 25.8 Å². The highest BCUT2D eigenvalue weighted by atomic mass is 35.5. The lowest BCUT2D eigenvalue weighted by Crippen LogP contribution is -2.42. The Morgan fingerprint density at radius 2 is 2.14 bits per heavy atom. The molecule has 1 aromatic heterocycles. The fourth-order valence-electron chi connectivity index (χ4n) is 2.79. The maximum absolute atomic E-state index is 6.44. The average Bonchev–Trinajstić information content (AvgIpc) is 2.48. The molecule has 2 rings (SSSR count). The number of likely N-dealkylation sites (tertiary alicyclic amines) is 1. The Morgan fingerprint density at radius 3 is 2.76 bits per heavy atom. The Balaban J connectivity index is 1.99. The molecule has 21 heavy (non-hydrogen) atoms. The number of nitrogens with zero attached hydrogens (tertiary/aromatic N) is 3. The monoisotopic (exact) mass is 310 g/mol. The molecule has 0 atom stereocenters. The van der Waals surface area contributed by atoms with E-state index < -0.39 is 0 Å². The molecule has 0 saturated carbocycles. The van der Waals surface area contributed by atoms with Gasteiger partial charge in [-0.2, -0.15) is 0 Å². The van der Waals surface area contributed by atoms with E-state index in [2.05, 4.69) is 41.1 Å². The summed E-state index contributed by atoms with van der Waals surface area (Å²) in [4.78, 5) is 9.22. The number of anilines is 1. The lowest BCUT2D eigenvalue weighted by Gasteiger charge is -2.36. The van der Waals surface area contributed by atoms with E-state index in [0.717, 1.165) is 49.0 Å². The SMILES string of the molecule is CCCNCc1cnc(N(C)C2CCN(C)CC2)c(Cl)c1. The van der Waals surface area contributed by atoms with Crippen molar-refractivity contribution < 1.29 is 0 Å². The third-order valence-electron chi connectivity index (χ3n) is 4.20. The van der Waals surface area contributed by atoms with Gasteiger partial charge in [-0.1, -0.05) is 18.5 Å². The number of rotatable bonds is 6. The summed E-state index contributed by atoms with van der Waals surface area (Å²) >= 11 is 6.44. The minimum Gasteiger partial charge on any atom is -0.355 e. The van der Waals surface area contributed by atoms with Crippen molar-refractivity contribution in [2.75, 3.05) is 38.6 Å². The van der Waals surface area contributed by atoms with Crippen LogP contribution in [0.5, 0.6) is 0 Å². The highest BCUT2D eigenvalue weighted by Crippen LogP contribution is 2.27. The van der Waals surface area contributed by atoms with Gasteiger partial charge >= 0.3 is 0 Å². The van der Waals surface area contributed by atoms with Gasteiger partial charge < -0.3 is 15.1 Å². The first-order valence-corrected chi connectivity index (χ1v) is 8.26. The normalized spacial score (nSPS) is 17.1. The largest absolute Gasteiger partial charge is 0.355 e. The predicted octanol–water partition coefficient (Wildman–Crippen LogP) is 2.77. The van der Waals surface area contributed by atoms with E-state index in [1.165, 1.54) is 12.8 Å². The van der Waals surface area contributed by atoms with Crippen molar-refractivity contribution in [3.63, 3.8) is 0 Å². The first kappa shape index (κ1) is 16.5. The first-order valence-electron chi connectivity index (χ1n) is 7.88. The molecule has 2 heterocycles. The summed E-state index contributed by atoms with van der Waals surface area (Å²) < 4.78 is 0. The number of halogens is 1. The second kappa shape index (κ2) is 7.97. The Hall–Kier alpha value is -0.840. The molecule has 0 aromatic carbocycles. The summed E-state index contributed by atoms with van der Waals surface area (Å²) in [6.07, 6.45) is 5.42. The maximum atomic E-state index is 6.44. The van der Waals surface area contributed by atoms with Crippen molar-refractivity contribution in [1.29, 1.82) is 0 Å². The summed E-state index contributed by atoms with van der Waals surface area (Å²) in [6, 6.07) is 2.58. The maximum Gasteiger partial charge on any atom is 0.147 e. The molecule has 1 N–H and O–H groups in total. The van der Waals surface area contributed by atoms with Crippen LogP contribution in [0.25, 0.3) is 0 Å². The molecule has 1 saturated heterocycles. The van der Waals surface area contributed by atoms with Crippen LogP contribution in [0.2, 0.25) is 5.02 Å².